The van der Waals surface area contributed by atoms with Gasteiger partial charge >= 0.3 is 0 Å². The van der Waals surface area contributed by atoms with Crippen molar-refractivity contribution in [2.24, 2.45) is 4.99 Å². The molecule has 138 valence electrons. The molecule has 0 atom stereocenters. The average Bonchev–Trinajstić information content (AvgIpc) is 2.91. The zero-order valence-corrected chi connectivity index (χ0v) is 17.6. The second kappa shape index (κ2) is 12.1. The summed E-state index contributed by atoms with van der Waals surface area (Å²) in [6.45, 7) is 9.13. The fourth-order valence-electron chi connectivity index (χ4n) is 2.22. The molecule has 0 radical (unpaired) electrons. The molecule has 0 saturated heterocycles. The number of nitrogens with one attached hydrogen (secondary N) is 3. The fourth-order valence-corrected chi connectivity index (χ4v) is 2.22. The first-order valence-corrected chi connectivity index (χ1v) is 8.21. The SMILES string of the molecule is CCc1noc(CC)c1CNC(=NC)NCCC(=O)NC(C)C.I. The van der Waals surface area contributed by atoms with Crippen LogP contribution >= 0.6 is 24.0 Å². The largest absolute Gasteiger partial charge is 0.361 e. The van der Waals surface area contributed by atoms with Crippen molar-refractivity contribution in [1.82, 2.24) is 21.1 Å². The lowest BCUT2D eigenvalue weighted by Crippen LogP contribution is -2.39. The monoisotopic (exact) mass is 451 g/mol. The molecule has 24 heavy (non-hydrogen) atoms. The number of halogens is 1. The molecular formula is C16H30IN5O2. The molecule has 0 spiro atoms. The van der Waals surface area contributed by atoms with Crippen LogP contribution in [0.2, 0.25) is 0 Å². The number of hydrogen-bond donors (Lipinski definition) is 3. The van der Waals surface area contributed by atoms with Crippen molar-refractivity contribution in [3.8, 4) is 0 Å². The summed E-state index contributed by atoms with van der Waals surface area (Å²) in [5.74, 6) is 1.59. The number of amides is 1. The van der Waals surface area contributed by atoms with Gasteiger partial charge in [-0.1, -0.05) is 19.0 Å². The summed E-state index contributed by atoms with van der Waals surface area (Å²) < 4.78 is 5.35. The number of aryl methyl sites for hydroxylation is 2. The number of aliphatic imine (C=N–C) groups is 1. The summed E-state index contributed by atoms with van der Waals surface area (Å²) in [6, 6.07) is 0.161. The lowest BCUT2D eigenvalue weighted by molar-refractivity contribution is -0.121. The third-order valence-corrected chi connectivity index (χ3v) is 3.36. The van der Waals surface area contributed by atoms with Crippen LogP contribution in [-0.2, 0) is 24.2 Å². The molecule has 0 unspecified atom stereocenters. The summed E-state index contributed by atoms with van der Waals surface area (Å²) in [5.41, 5.74) is 2.07. The standard InChI is InChI=1S/C16H29N5O2.HI/c1-6-13-12(14(7-2)23-21-13)10-19-16(17-5)18-9-8-15(22)20-11(3)4;/h11H,6-10H2,1-5H3,(H,20,22)(H2,17,18,19);1H. The first kappa shape index (κ1) is 22.7. The molecule has 7 nitrogen and oxygen atoms in total. The normalized spacial score (nSPS) is 11.2. The Morgan fingerprint density at radius 3 is 2.50 bits per heavy atom. The van der Waals surface area contributed by atoms with E-state index in [0.717, 1.165) is 29.9 Å². The van der Waals surface area contributed by atoms with Gasteiger partial charge in [-0.05, 0) is 20.3 Å². The number of aromatic nitrogens is 1. The molecule has 1 aromatic rings. The second-order valence-electron chi connectivity index (χ2n) is 5.56. The highest BCUT2D eigenvalue weighted by molar-refractivity contribution is 14.0. The van der Waals surface area contributed by atoms with Gasteiger partial charge in [-0.2, -0.15) is 0 Å². The Labute approximate surface area is 161 Å². The van der Waals surface area contributed by atoms with E-state index in [0.29, 0.717) is 25.5 Å². The first-order valence-electron chi connectivity index (χ1n) is 8.21. The number of guanidine groups is 1. The van der Waals surface area contributed by atoms with Gasteiger partial charge in [0.05, 0.1) is 5.69 Å². The van der Waals surface area contributed by atoms with Crippen molar-refractivity contribution in [3.05, 3.63) is 17.0 Å². The van der Waals surface area contributed by atoms with Gasteiger partial charge in [0, 0.05) is 44.6 Å². The van der Waals surface area contributed by atoms with E-state index in [1.54, 1.807) is 7.05 Å². The van der Waals surface area contributed by atoms with Crippen LogP contribution in [0.3, 0.4) is 0 Å². The van der Waals surface area contributed by atoms with E-state index in [1.165, 1.54) is 0 Å². The quantitative estimate of drug-likeness (QED) is 0.320. The topological polar surface area (TPSA) is 91.6 Å². The lowest BCUT2D eigenvalue weighted by Gasteiger charge is -2.13. The van der Waals surface area contributed by atoms with Gasteiger partial charge in [-0.15, -0.1) is 24.0 Å². The van der Waals surface area contributed by atoms with Crippen LogP contribution in [0, 0.1) is 0 Å². The summed E-state index contributed by atoms with van der Waals surface area (Å²) in [5, 5.41) is 13.3. The Kier molecular flexibility index (Phi) is 11.4. The molecular weight excluding hydrogens is 421 g/mol. The van der Waals surface area contributed by atoms with Crippen molar-refractivity contribution in [3.63, 3.8) is 0 Å². The molecule has 0 aliphatic heterocycles. The lowest BCUT2D eigenvalue weighted by atomic mass is 10.1. The van der Waals surface area contributed by atoms with Crippen LogP contribution in [0.25, 0.3) is 0 Å². The van der Waals surface area contributed by atoms with E-state index >= 15 is 0 Å². The predicted molar refractivity (Wildman–Crippen MR) is 107 cm³/mol. The summed E-state index contributed by atoms with van der Waals surface area (Å²) in [4.78, 5) is 15.8. The van der Waals surface area contributed by atoms with Crippen molar-refractivity contribution in [2.45, 2.75) is 59.5 Å². The van der Waals surface area contributed by atoms with Crippen LogP contribution < -0.4 is 16.0 Å². The molecule has 1 rings (SSSR count). The van der Waals surface area contributed by atoms with Crippen molar-refractivity contribution >= 4 is 35.8 Å². The first-order chi connectivity index (χ1) is 11.0. The van der Waals surface area contributed by atoms with E-state index in [1.807, 2.05) is 20.8 Å². The number of nitrogens with zero attached hydrogens (tertiary/aromatic N) is 2. The van der Waals surface area contributed by atoms with Crippen molar-refractivity contribution in [2.75, 3.05) is 13.6 Å². The van der Waals surface area contributed by atoms with Gasteiger partial charge < -0.3 is 20.5 Å². The van der Waals surface area contributed by atoms with Gasteiger partial charge in [0.1, 0.15) is 5.76 Å². The van der Waals surface area contributed by atoms with E-state index in [-0.39, 0.29) is 35.9 Å². The molecule has 1 amide bonds. The van der Waals surface area contributed by atoms with E-state index in [9.17, 15) is 4.79 Å². The minimum Gasteiger partial charge on any atom is -0.361 e. The maximum Gasteiger partial charge on any atom is 0.221 e. The van der Waals surface area contributed by atoms with Crippen LogP contribution in [0.5, 0.6) is 0 Å². The highest BCUT2D eigenvalue weighted by atomic mass is 127. The second-order valence-corrected chi connectivity index (χ2v) is 5.56. The summed E-state index contributed by atoms with van der Waals surface area (Å²) in [7, 11) is 1.71. The number of rotatable bonds is 8. The number of hydrogen-bond acceptors (Lipinski definition) is 4. The smallest absolute Gasteiger partial charge is 0.221 e. The fraction of sp³-hybridized carbons (Fsp3) is 0.688. The van der Waals surface area contributed by atoms with Gasteiger partial charge in [0.25, 0.3) is 0 Å². The van der Waals surface area contributed by atoms with Gasteiger partial charge in [0.15, 0.2) is 5.96 Å². The van der Waals surface area contributed by atoms with Crippen LogP contribution in [0.15, 0.2) is 9.52 Å². The zero-order chi connectivity index (χ0) is 17.2. The van der Waals surface area contributed by atoms with E-state index < -0.39 is 0 Å². The Morgan fingerprint density at radius 2 is 1.96 bits per heavy atom. The Bertz CT molecular complexity index is 507. The molecule has 0 aliphatic rings. The highest BCUT2D eigenvalue weighted by Crippen LogP contribution is 2.15. The average molecular weight is 451 g/mol. The molecule has 0 aromatic carbocycles. The van der Waals surface area contributed by atoms with Crippen molar-refractivity contribution < 1.29 is 9.32 Å². The van der Waals surface area contributed by atoms with E-state index in [2.05, 4.69) is 33.0 Å². The molecule has 0 aliphatic carbocycles. The van der Waals surface area contributed by atoms with Gasteiger partial charge in [0.2, 0.25) is 5.91 Å². The molecule has 3 N–H and O–H groups in total. The van der Waals surface area contributed by atoms with Crippen molar-refractivity contribution in [1.29, 1.82) is 0 Å². The van der Waals surface area contributed by atoms with Crippen LogP contribution in [0.4, 0.5) is 0 Å². The molecule has 0 fully saturated rings. The molecule has 1 aromatic heterocycles. The van der Waals surface area contributed by atoms with Crippen LogP contribution in [-0.4, -0.2) is 36.7 Å². The third kappa shape index (κ3) is 7.50. The van der Waals surface area contributed by atoms with Gasteiger partial charge in [-0.25, -0.2) is 0 Å². The molecule has 1 heterocycles. The summed E-state index contributed by atoms with van der Waals surface area (Å²) in [6.07, 6.45) is 2.06. The number of carbonyl (C=O) groups is 1. The third-order valence-electron chi connectivity index (χ3n) is 3.36. The predicted octanol–water partition coefficient (Wildman–Crippen LogP) is 2.00. The maximum absolute atomic E-state index is 11.6. The Hall–Kier alpha value is -1.32. The Morgan fingerprint density at radius 1 is 1.25 bits per heavy atom. The molecule has 8 heteroatoms. The zero-order valence-electron chi connectivity index (χ0n) is 15.2. The van der Waals surface area contributed by atoms with Crippen LogP contribution in [0.1, 0.15) is 51.1 Å². The summed E-state index contributed by atoms with van der Waals surface area (Å²) >= 11 is 0. The minimum atomic E-state index is 0. The highest BCUT2D eigenvalue weighted by Gasteiger charge is 2.13. The van der Waals surface area contributed by atoms with Gasteiger partial charge in [-0.3, -0.25) is 9.79 Å². The number of carbonyl (C=O) groups excluding carboxylic acids is 1. The maximum atomic E-state index is 11.6. The minimum absolute atomic E-state index is 0. The Balaban J connectivity index is 0.00000529. The van der Waals surface area contributed by atoms with E-state index in [4.69, 9.17) is 4.52 Å². The molecule has 0 bridgehead atoms. The molecule has 0 saturated carbocycles.